The summed E-state index contributed by atoms with van der Waals surface area (Å²) >= 11 is 0. The maximum absolute atomic E-state index is 8.08. The van der Waals surface area contributed by atoms with Crippen LogP contribution >= 0.6 is 0 Å². The molecule has 0 saturated heterocycles. The first-order valence-electron chi connectivity index (χ1n) is 3.03. The van der Waals surface area contributed by atoms with E-state index >= 15 is 0 Å². The van der Waals surface area contributed by atoms with Gasteiger partial charge >= 0.3 is 0 Å². The predicted molar refractivity (Wildman–Crippen MR) is 37.0 cm³/mol. The fourth-order valence-corrected chi connectivity index (χ4v) is 0.332. The Kier molecular flexibility index (Phi) is 6.16. The van der Waals surface area contributed by atoms with Gasteiger partial charge in [0, 0.05) is 12.8 Å². The van der Waals surface area contributed by atoms with Crippen LogP contribution in [0.4, 0.5) is 0 Å². The van der Waals surface area contributed by atoms with Gasteiger partial charge in [-0.15, -0.1) is 0 Å². The van der Waals surface area contributed by atoms with Crippen molar-refractivity contribution in [1.82, 2.24) is 5.43 Å². The van der Waals surface area contributed by atoms with E-state index in [0.29, 0.717) is 13.0 Å². The lowest BCUT2D eigenvalue weighted by Gasteiger charge is -1.90. The lowest BCUT2D eigenvalue weighted by Crippen LogP contribution is -2.05. The minimum Gasteiger partial charge on any atom is -0.309 e. The van der Waals surface area contributed by atoms with E-state index in [1.54, 1.807) is 6.21 Å². The van der Waals surface area contributed by atoms with Crippen molar-refractivity contribution in [3.8, 4) is 6.07 Å². The Morgan fingerprint density at radius 3 is 3.11 bits per heavy atom. The molecule has 0 fully saturated rings. The number of nitriles is 1. The summed E-state index contributed by atoms with van der Waals surface area (Å²) in [7, 11) is 0. The smallest absolute Gasteiger partial charge is 0.0640 e. The van der Waals surface area contributed by atoms with Crippen molar-refractivity contribution in [2.45, 2.75) is 19.8 Å². The molecule has 0 radical (unpaired) electrons. The SMILES string of the molecule is CC/C=N/NCCC#N. The molecule has 0 bridgehead atoms. The Morgan fingerprint density at radius 1 is 1.78 bits per heavy atom. The van der Waals surface area contributed by atoms with Gasteiger partial charge in [-0.1, -0.05) is 6.92 Å². The molecule has 0 unspecified atom stereocenters. The van der Waals surface area contributed by atoms with Crippen LogP contribution in [0.3, 0.4) is 0 Å². The molecule has 0 aliphatic rings. The Labute approximate surface area is 55.4 Å². The molecule has 0 amide bonds. The zero-order chi connectivity index (χ0) is 6.95. The van der Waals surface area contributed by atoms with E-state index in [1.165, 1.54) is 0 Å². The number of hydrogen-bond donors (Lipinski definition) is 1. The molecule has 3 nitrogen and oxygen atoms in total. The van der Waals surface area contributed by atoms with Gasteiger partial charge in [0.05, 0.1) is 12.5 Å². The Bertz CT molecular complexity index is 112. The van der Waals surface area contributed by atoms with Crippen molar-refractivity contribution in [3.05, 3.63) is 0 Å². The number of nitrogens with zero attached hydrogens (tertiary/aromatic N) is 2. The highest BCUT2D eigenvalue weighted by atomic mass is 15.3. The van der Waals surface area contributed by atoms with Crippen LogP contribution in [0.25, 0.3) is 0 Å². The van der Waals surface area contributed by atoms with Gasteiger partial charge in [-0.2, -0.15) is 10.4 Å². The summed E-state index contributed by atoms with van der Waals surface area (Å²) in [4.78, 5) is 0. The van der Waals surface area contributed by atoms with Crippen LogP contribution in [0.5, 0.6) is 0 Å². The molecular weight excluding hydrogens is 114 g/mol. The zero-order valence-corrected chi connectivity index (χ0v) is 5.59. The van der Waals surface area contributed by atoms with E-state index in [2.05, 4.69) is 10.5 Å². The lowest BCUT2D eigenvalue weighted by molar-refractivity contribution is 0.748. The van der Waals surface area contributed by atoms with Crippen molar-refractivity contribution in [3.63, 3.8) is 0 Å². The van der Waals surface area contributed by atoms with E-state index in [-0.39, 0.29) is 0 Å². The Balaban J connectivity index is 2.92. The van der Waals surface area contributed by atoms with Crippen molar-refractivity contribution in [2.75, 3.05) is 6.54 Å². The van der Waals surface area contributed by atoms with Gasteiger partial charge in [0.25, 0.3) is 0 Å². The Hall–Kier alpha value is -1.04. The monoisotopic (exact) mass is 125 g/mol. The quantitative estimate of drug-likeness (QED) is 0.344. The van der Waals surface area contributed by atoms with Crippen molar-refractivity contribution in [1.29, 1.82) is 5.26 Å². The molecule has 9 heavy (non-hydrogen) atoms. The summed E-state index contributed by atoms with van der Waals surface area (Å²) in [6.45, 7) is 2.66. The van der Waals surface area contributed by atoms with Gasteiger partial charge in [0.15, 0.2) is 0 Å². The first kappa shape index (κ1) is 7.96. The van der Waals surface area contributed by atoms with Crippen LogP contribution in [-0.2, 0) is 0 Å². The second-order valence-electron chi connectivity index (χ2n) is 1.54. The summed E-state index contributed by atoms with van der Waals surface area (Å²) in [6.07, 6.45) is 3.22. The van der Waals surface area contributed by atoms with E-state index in [0.717, 1.165) is 6.42 Å². The van der Waals surface area contributed by atoms with Gasteiger partial charge in [0.2, 0.25) is 0 Å². The maximum atomic E-state index is 8.08. The molecule has 0 aromatic carbocycles. The fourth-order valence-electron chi connectivity index (χ4n) is 0.332. The molecule has 3 heteroatoms. The number of hydrogen-bond acceptors (Lipinski definition) is 3. The predicted octanol–water partition coefficient (Wildman–Crippen LogP) is 0.885. The molecule has 0 heterocycles. The summed E-state index contributed by atoms with van der Waals surface area (Å²) in [5, 5.41) is 11.9. The summed E-state index contributed by atoms with van der Waals surface area (Å²) < 4.78 is 0. The highest BCUT2D eigenvalue weighted by molar-refractivity contribution is 5.55. The molecule has 0 aliphatic carbocycles. The van der Waals surface area contributed by atoms with Crippen LogP contribution in [-0.4, -0.2) is 12.8 Å². The minimum absolute atomic E-state index is 0.515. The van der Waals surface area contributed by atoms with Crippen LogP contribution in [0.15, 0.2) is 5.10 Å². The van der Waals surface area contributed by atoms with E-state index in [1.807, 2.05) is 13.0 Å². The van der Waals surface area contributed by atoms with Crippen molar-refractivity contribution < 1.29 is 0 Å². The van der Waals surface area contributed by atoms with Gasteiger partial charge in [-0.3, -0.25) is 0 Å². The number of rotatable bonds is 4. The van der Waals surface area contributed by atoms with Crippen molar-refractivity contribution >= 4 is 6.21 Å². The van der Waals surface area contributed by atoms with Crippen LogP contribution < -0.4 is 5.43 Å². The topological polar surface area (TPSA) is 48.2 Å². The van der Waals surface area contributed by atoms with Gasteiger partial charge in [-0.05, 0) is 6.42 Å². The lowest BCUT2D eigenvalue weighted by atomic mass is 10.5. The second kappa shape index (κ2) is 6.96. The van der Waals surface area contributed by atoms with Crippen LogP contribution in [0, 0.1) is 11.3 Å². The average molecular weight is 125 g/mol. The van der Waals surface area contributed by atoms with Gasteiger partial charge in [0.1, 0.15) is 0 Å². The highest BCUT2D eigenvalue weighted by Gasteiger charge is 1.76. The third-order valence-electron chi connectivity index (χ3n) is 0.714. The first-order chi connectivity index (χ1) is 4.41. The second-order valence-corrected chi connectivity index (χ2v) is 1.54. The standard InChI is InChI=1S/C6H11N3/c1-2-5-8-9-6-3-4-7/h5,9H,2-3,6H2,1H3/b8-5+. The fraction of sp³-hybridized carbons (Fsp3) is 0.667. The number of hydrazone groups is 1. The van der Waals surface area contributed by atoms with E-state index in [9.17, 15) is 0 Å². The molecule has 0 aromatic heterocycles. The van der Waals surface area contributed by atoms with E-state index in [4.69, 9.17) is 5.26 Å². The summed E-state index contributed by atoms with van der Waals surface area (Å²) in [5.74, 6) is 0. The third-order valence-corrected chi connectivity index (χ3v) is 0.714. The first-order valence-corrected chi connectivity index (χ1v) is 3.03. The molecule has 1 N–H and O–H groups in total. The largest absolute Gasteiger partial charge is 0.309 e. The molecule has 0 aliphatic heterocycles. The maximum Gasteiger partial charge on any atom is 0.0640 e. The Morgan fingerprint density at radius 2 is 2.56 bits per heavy atom. The normalized spacial score (nSPS) is 9.33. The van der Waals surface area contributed by atoms with E-state index < -0.39 is 0 Å². The van der Waals surface area contributed by atoms with Gasteiger partial charge < -0.3 is 5.43 Å². The zero-order valence-electron chi connectivity index (χ0n) is 5.59. The van der Waals surface area contributed by atoms with Gasteiger partial charge in [-0.25, -0.2) is 0 Å². The molecular formula is C6H11N3. The van der Waals surface area contributed by atoms with Crippen molar-refractivity contribution in [2.24, 2.45) is 5.10 Å². The molecule has 0 rings (SSSR count). The molecule has 0 spiro atoms. The summed E-state index contributed by atoms with van der Waals surface area (Å²) in [6, 6.07) is 2.01. The molecule has 0 saturated carbocycles. The molecule has 50 valence electrons. The number of nitrogens with one attached hydrogen (secondary N) is 1. The third kappa shape index (κ3) is 6.96. The summed E-state index contributed by atoms with van der Waals surface area (Å²) in [5.41, 5.74) is 2.73. The van der Waals surface area contributed by atoms with Crippen LogP contribution in [0.2, 0.25) is 0 Å². The minimum atomic E-state index is 0.515. The highest BCUT2D eigenvalue weighted by Crippen LogP contribution is 1.70. The molecule has 0 atom stereocenters. The molecule has 0 aromatic rings. The average Bonchev–Trinajstić information content (AvgIpc) is 1.89. The van der Waals surface area contributed by atoms with Crippen LogP contribution in [0.1, 0.15) is 19.8 Å².